The third kappa shape index (κ3) is 3.54. The molecule has 0 radical (unpaired) electrons. The monoisotopic (exact) mass is 276 g/mol. The molecule has 2 N–H and O–H groups in total. The lowest BCUT2D eigenvalue weighted by atomic mass is 10.2. The number of hydrogen-bond acceptors (Lipinski definition) is 2. The van der Waals surface area contributed by atoms with Gasteiger partial charge in [0, 0.05) is 19.2 Å². The van der Waals surface area contributed by atoms with Gasteiger partial charge in [0.1, 0.15) is 0 Å². The summed E-state index contributed by atoms with van der Waals surface area (Å²) in [4.78, 5) is 10.9. The van der Waals surface area contributed by atoms with E-state index in [0.717, 1.165) is 11.6 Å². The molecule has 104 valence electrons. The Balaban J connectivity index is 2.00. The number of carbonyl (C=O) groups excluding carboxylic acids is 1. The molecular formula is C15H14F2N2O. The molecule has 0 atom stereocenters. The van der Waals surface area contributed by atoms with Crippen LogP contribution in [0.25, 0.3) is 0 Å². The van der Waals surface area contributed by atoms with E-state index in [4.69, 9.17) is 0 Å². The van der Waals surface area contributed by atoms with E-state index in [1.54, 1.807) is 24.3 Å². The fourth-order valence-corrected chi connectivity index (χ4v) is 1.75. The molecule has 0 aromatic heterocycles. The molecule has 0 aliphatic rings. The van der Waals surface area contributed by atoms with E-state index >= 15 is 0 Å². The summed E-state index contributed by atoms with van der Waals surface area (Å²) in [7, 11) is 0. The van der Waals surface area contributed by atoms with Crippen molar-refractivity contribution in [3.8, 4) is 0 Å². The number of anilines is 2. The standard InChI is InChI=1S/C15H14F2N2O/c1-10(20)19-12-7-5-11(6-8-12)9-18-14-4-2-3-13(16)15(14)17/h2-8,18H,9H2,1H3,(H,19,20). The first-order valence-electron chi connectivity index (χ1n) is 6.10. The summed E-state index contributed by atoms with van der Waals surface area (Å²) >= 11 is 0. The van der Waals surface area contributed by atoms with Gasteiger partial charge in [-0.25, -0.2) is 8.78 Å². The summed E-state index contributed by atoms with van der Waals surface area (Å²) in [6, 6.07) is 11.1. The number of halogens is 2. The predicted molar refractivity (Wildman–Crippen MR) is 74.4 cm³/mol. The highest BCUT2D eigenvalue weighted by Gasteiger charge is 2.06. The van der Waals surface area contributed by atoms with Crippen molar-refractivity contribution in [2.45, 2.75) is 13.5 Å². The summed E-state index contributed by atoms with van der Waals surface area (Å²) in [6.07, 6.45) is 0. The molecule has 1 amide bonds. The van der Waals surface area contributed by atoms with E-state index in [2.05, 4.69) is 10.6 Å². The molecule has 2 rings (SSSR count). The molecule has 0 saturated carbocycles. The lowest BCUT2D eigenvalue weighted by molar-refractivity contribution is -0.114. The second-order valence-corrected chi connectivity index (χ2v) is 4.33. The Labute approximate surface area is 115 Å². The van der Waals surface area contributed by atoms with Crippen molar-refractivity contribution in [3.05, 3.63) is 59.7 Å². The number of amides is 1. The average Bonchev–Trinajstić information content (AvgIpc) is 2.41. The van der Waals surface area contributed by atoms with Gasteiger partial charge < -0.3 is 10.6 Å². The summed E-state index contributed by atoms with van der Waals surface area (Å²) in [6.45, 7) is 1.79. The molecule has 0 heterocycles. The van der Waals surface area contributed by atoms with Crippen LogP contribution in [0.5, 0.6) is 0 Å². The molecule has 0 spiro atoms. The van der Waals surface area contributed by atoms with Crippen LogP contribution in [0.1, 0.15) is 12.5 Å². The van der Waals surface area contributed by atoms with Crippen molar-refractivity contribution in [1.29, 1.82) is 0 Å². The molecule has 0 aliphatic heterocycles. The second kappa shape index (κ2) is 6.14. The van der Waals surface area contributed by atoms with Gasteiger partial charge >= 0.3 is 0 Å². The number of nitrogens with one attached hydrogen (secondary N) is 2. The van der Waals surface area contributed by atoms with Crippen molar-refractivity contribution in [2.24, 2.45) is 0 Å². The predicted octanol–water partition coefficient (Wildman–Crippen LogP) is 3.54. The van der Waals surface area contributed by atoms with E-state index in [0.29, 0.717) is 12.2 Å². The van der Waals surface area contributed by atoms with Gasteiger partial charge in [0.05, 0.1) is 5.69 Å². The van der Waals surface area contributed by atoms with Crippen molar-refractivity contribution in [2.75, 3.05) is 10.6 Å². The first-order valence-corrected chi connectivity index (χ1v) is 6.10. The van der Waals surface area contributed by atoms with Gasteiger partial charge in [-0.15, -0.1) is 0 Å². The fraction of sp³-hybridized carbons (Fsp3) is 0.133. The second-order valence-electron chi connectivity index (χ2n) is 4.33. The Hall–Kier alpha value is -2.43. The smallest absolute Gasteiger partial charge is 0.221 e. The number of carbonyl (C=O) groups is 1. The molecule has 2 aromatic carbocycles. The largest absolute Gasteiger partial charge is 0.379 e. The zero-order valence-electron chi connectivity index (χ0n) is 10.9. The van der Waals surface area contributed by atoms with Gasteiger partial charge in [0.2, 0.25) is 5.91 Å². The molecule has 0 bridgehead atoms. The summed E-state index contributed by atoms with van der Waals surface area (Å²) in [5.74, 6) is -1.91. The van der Waals surface area contributed by atoms with E-state index in [1.807, 2.05) is 0 Å². The van der Waals surface area contributed by atoms with Gasteiger partial charge in [-0.1, -0.05) is 18.2 Å². The molecule has 3 nitrogen and oxygen atoms in total. The molecule has 0 saturated heterocycles. The van der Waals surface area contributed by atoms with Gasteiger partial charge in [0.25, 0.3) is 0 Å². The third-order valence-electron chi connectivity index (χ3n) is 2.71. The normalized spacial score (nSPS) is 10.2. The topological polar surface area (TPSA) is 41.1 Å². The van der Waals surface area contributed by atoms with Gasteiger partial charge in [-0.3, -0.25) is 4.79 Å². The maximum absolute atomic E-state index is 13.4. The van der Waals surface area contributed by atoms with Crippen LogP contribution in [0.15, 0.2) is 42.5 Å². The van der Waals surface area contributed by atoms with E-state index in [-0.39, 0.29) is 11.6 Å². The van der Waals surface area contributed by atoms with Crippen molar-refractivity contribution in [3.63, 3.8) is 0 Å². The third-order valence-corrected chi connectivity index (χ3v) is 2.71. The minimum Gasteiger partial charge on any atom is -0.379 e. The van der Waals surface area contributed by atoms with Crippen LogP contribution in [0.4, 0.5) is 20.2 Å². The minimum atomic E-state index is -0.887. The molecule has 0 aliphatic carbocycles. The first-order chi connectivity index (χ1) is 9.56. The minimum absolute atomic E-state index is 0.121. The van der Waals surface area contributed by atoms with E-state index in [1.165, 1.54) is 19.1 Å². The zero-order valence-corrected chi connectivity index (χ0v) is 10.9. The quantitative estimate of drug-likeness (QED) is 0.896. The highest BCUT2D eigenvalue weighted by Crippen LogP contribution is 2.18. The Kier molecular flexibility index (Phi) is 4.30. The highest BCUT2D eigenvalue weighted by atomic mass is 19.2. The van der Waals surface area contributed by atoms with Crippen LogP contribution < -0.4 is 10.6 Å². The SMILES string of the molecule is CC(=O)Nc1ccc(CNc2cccc(F)c2F)cc1. The Morgan fingerprint density at radius 1 is 1.10 bits per heavy atom. The molecule has 20 heavy (non-hydrogen) atoms. The molecular weight excluding hydrogens is 262 g/mol. The van der Waals surface area contributed by atoms with Crippen molar-refractivity contribution < 1.29 is 13.6 Å². The van der Waals surface area contributed by atoms with Crippen LogP contribution in [-0.4, -0.2) is 5.91 Å². The van der Waals surface area contributed by atoms with Gasteiger partial charge in [-0.05, 0) is 29.8 Å². The fourth-order valence-electron chi connectivity index (χ4n) is 1.75. The van der Waals surface area contributed by atoms with Crippen LogP contribution >= 0.6 is 0 Å². The van der Waals surface area contributed by atoms with Crippen LogP contribution in [-0.2, 0) is 11.3 Å². The number of hydrogen-bond donors (Lipinski definition) is 2. The molecule has 0 fully saturated rings. The Morgan fingerprint density at radius 2 is 1.80 bits per heavy atom. The van der Waals surface area contributed by atoms with Crippen LogP contribution in [0.3, 0.4) is 0 Å². The van der Waals surface area contributed by atoms with Crippen molar-refractivity contribution in [1.82, 2.24) is 0 Å². The Bertz CT molecular complexity index is 612. The molecule has 2 aromatic rings. The Morgan fingerprint density at radius 3 is 2.45 bits per heavy atom. The average molecular weight is 276 g/mol. The van der Waals surface area contributed by atoms with E-state index < -0.39 is 11.6 Å². The maximum atomic E-state index is 13.4. The van der Waals surface area contributed by atoms with Gasteiger partial charge in [-0.2, -0.15) is 0 Å². The highest BCUT2D eigenvalue weighted by molar-refractivity contribution is 5.88. The number of benzene rings is 2. The molecule has 5 heteroatoms. The molecule has 0 unspecified atom stereocenters. The first kappa shape index (κ1) is 14.0. The number of rotatable bonds is 4. The summed E-state index contributed by atoms with van der Waals surface area (Å²) in [5.41, 5.74) is 1.71. The van der Waals surface area contributed by atoms with Crippen LogP contribution in [0, 0.1) is 11.6 Å². The van der Waals surface area contributed by atoms with E-state index in [9.17, 15) is 13.6 Å². The summed E-state index contributed by atoms with van der Waals surface area (Å²) < 4.78 is 26.5. The van der Waals surface area contributed by atoms with Gasteiger partial charge in [0.15, 0.2) is 11.6 Å². The van der Waals surface area contributed by atoms with Crippen molar-refractivity contribution >= 4 is 17.3 Å². The maximum Gasteiger partial charge on any atom is 0.221 e. The lowest BCUT2D eigenvalue weighted by Gasteiger charge is -2.09. The lowest BCUT2D eigenvalue weighted by Crippen LogP contribution is -2.06. The zero-order chi connectivity index (χ0) is 14.5. The summed E-state index contributed by atoms with van der Waals surface area (Å²) in [5, 5.41) is 5.48. The van der Waals surface area contributed by atoms with Crippen LogP contribution in [0.2, 0.25) is 0 Å².